The van der Waals surface area contributed by atoms with Gasteiger partial charge in [-0.1, -0.05) is 38.1 Å². The van der Waals surface area contributed by atoms with Crippen molar-refractivity contribution in [1.82, 2.24) is 14.8 Å². The molecule has 0 aliphatic carbocycles. The van der Waals surface area contributed by atoms with E-state index in [0.29, 0.717) is 11.5 Å². The standard InChI is InChI=1S/C15H16N4O/c1-3-11(2)12-4-6-13(7-5-12)14(20)9-19-10-17-18-15(19)8-16/h4-7,10-11H,3,9H2,1-2H3. The van der Waals surface area contributed by atoms with Gasteiger partial charge in [-0.3, -0.25) is 9.36 Å². The van der Waals surface area contributed by atoms with E-state index in [1.807, 2.05) is 30.3 Å². The van der Waals surface area contributed by atoms with Gasteiger partial charge in [0.25, 0.3) is 0 Å². The van der Waals surface area contributed by atoms with E-state index in [9.17, 15) is 4.79 Å². The molecule has 5 nitrogen and oxygen atoms in total. The summed E-state index contributed by atoms with van der Waals surface area (Å²) in [5, 5.41) is 16.1. The summed E-state index contributed by atoms with van der Waals surface area (Å²) >= 11 is 0. The maximum Gasteiger partial charge on any atom is 0.235 e. The zero-order valence-electron chi connectivity index (χ0n) is 11.6. The number of nitrogens with zero attached hydrogens (tertiary/aromatic N) is 4. The predicted molar refractivity (Wildman–Crippen MR) is 74.2 cm³/mol. The second-order valence-corrected chi connectivity index (χ2v) is 4.75. The number of benzene rings is 1. The lowest BCUT2D eigenvalue weighted by atomic mass is 9.97. The monoisotopic (exact) mass is 268 g/mol. The van der Waals surface area contributed by atoms with Crippen molar-refractivity contribution in [2.45, 2.75) is 32.7 Å². The van der Waals surface area contributed by atoms with Gasteiger partial charge in [0.1, 0.15) is 12.4 Å². The fourth-order valence-corrected chi connectivity index (χ4v) is 1.94. The molecule has 0 radical (unpaired) electrons. The Morgan fingerprint density at radius 2 is 2.10 bits per heavy atom. The number of nitriles is 1. The summed E-state index contributed by atoms with van der Waals surface area (Å²) in [6.07, 6.45) is 2.46. The summed E-state index contributed by atoms with van der Waals surface area (Å²) in [5.74, 6) is 0.578. The van der Waals surface area contributed by atoms with Gasteiger partial charge in [-0.05, 0) is 17.9 Å². The van der Waals surface area contributed by atoms with Crippen molar-refractivity contribution in [3.63, 3.8) is 0 Å². The average Bonchev–Trinajstić information content (AvgIpc) is 2.93. The number of hydrogen-bond donors (Lipinski definition) is 0. The van der Waals surface area contributed by atoms with Gasteiger partial charge in [0.05, 0.1) is 6.54 Å². The van der Waals surface area contributed by atoms with Crippen molar-refractivity contribution in [3.05, 3.63) is 47.5 Å². The van der Waals surface area contributed by atoms with Crippen LogP contribution < -0.4 is 0 Å². The van der Waals surface area contributed by atoms with E-state index in [0.717, 1.165) is 6.42 Å². The minimum atomic E-state index is -0.0583. The van der Waals surface area contributed by atoms with Gasteiger partial charge in [-0.15, -0.1) is 10.2 Å². The highest BCUT2D eigenvalue weighted by Gasteiger charge is 2.11. The van der Waals surface area contributed by atoms with Crippen LogP contribution in [0.4, 0.5) is 0 Å². The van der Waals surface area contributed by atoms with E-state index in [1.165, 1.54) is 16.5 Å². The predicted octanol–water partition coefficient (Wildman–Crippen LogP) is 2.55. The Hall–Kier alpha value is -2.48. The van der Waals surface area contributed by atoms with Crippen LogP contribution in [0.5, 0.6) is 0 Å². The zero-order valence-corrected chi connectivity index (χ0v) is 11.6. The summed E-state index contributed by atoms with van der Waals surface area (Å²) in [4.78, 5) is 12.1. The first-order valence-corrected chi connectivity index (χ1v) is 6.56. The van der Waals surface area contributed by atoms with Crippen molar-refractivity contribution in [2.24, 2.45) is 0 Å². The topological polar surface area (TPSA) is 71.6 Å². The second-order valence-electron chi connectivity index (χ2n) is 4.75. The van der Waals surface area contributed by atoms with E-state index in [1.54, 1.807) is 0 Å². The maximum absolute atomic E-state index is 12.1. The fourth-order valence-electron chi connectivity index (χ4n) is 1.94. The molecule has 5 heteroatoms. The van der Waals surface area contributed by atoms with E-state index < -0.39 is 0 Å². The SMILES string of the molecule is CCC(C)c1ccc(C(=O)Cn2cnnc2C#N)cc1. The number of aromatic nitrogens is 3. The molecule has 2 rings (SSSR count). The minimum Gasteiger partial charge on any atom is -0.297 e. The van der Waals surface area contributed by atoms with Gasteiger partial charge in [0, 0.05) is 5.56 Å². The maximum atomic E-state index is 12.1. The lowest BCUT2D eigenvalue weighted by Crippen LogP contribution is -2.11. The molecule has 102 valence electrons. The van der Waals surface area contributed by atoms with Crippen LogP contribution in [0.2, 0.25) is 0 Å². The van der Waals surface area contributed by atoms with Crippen LogP contribution in [-0.4, -0.2) is 20.5 Å². The highest BCUT2D eigenvalue weighted by Crippen LogP contribution is 2.19. The normalized spacial score (nSPS) is 11.8. The number of ketones is 1. The van der Waals surface area contributed by atoms with Crippen LogP contribution in [0.1, 0.15) is 47.9 Å². The Bertz CT molecular complexity index is 637. The molecule has 0 spiro atoms. The first kappa shape index (κ1) is 13.9. The summed E-state index contributed by atoms with van der Waals surface area (Å²) in [7, 11) is 0. The molecule has 1 unspecified atom stereocenters. The second kappa shape index (κ2) is 6.11. The van der Waals surface area contributed by atoms with Crippen LogP contribution >= 0.6 is 0 Å². The average molecular weight is 268 g/mol. The van der Waals surface area contributed by atoms with Gasteiger partial charge >= 0.3 is 0 Å². The molecule has 0 aliphatic heterocycles. The lowest BCUT2D eigenvalue weighted by Gasteiger charge is -2.09. The van der Waals surface area contributed by atoms with Gasteiger partial charge in [0.15, 0.2) is 5.78 Å². The van der Waals surface area contributed by atoms with Crippen LogP contribution in [0, 0.1) is 11.3 Å². The molecule has 0 saturated carbocycles. The van der Waals surface area contributed by atoms with Crippen LogP contribution in [-0.2, 0) is 6.54 Å². The van der Waals surface area contributed by atoms with E-state index >= 15 is 0 Å². The lowest BCUT2D eigenvalue weighted by molar-refractivity contribution is 0.0971. The Balaban J connectivity index is 2.12. The van der Waals surface area contributed by atoms with Crippen LogP contribution in [0.25, 0.3) is 0 Å². The summed E-state index contributed by atoms with van der Waals surface area (Å²) in [5.41, 5.74) is 1.86. The van der Waals surface area contributed by atoms with Crippen molar-refractivity contribution in [2.75, 3.05) is 0 Å². The molecule has 20 heavy (non-hydrogen) atoms. The molecule has 0 bridgehead atoms. The number of Topliss-reactive ketones (excluding diaryl/α,β-unsaturated/α-hetero) is 1. The molecule has 1 atom stereocenters. The number of carbonyl (C=O) groups is 1. The number of rotatable bonds is 5. The zero-order chi connectivity index (χ0) is 14.5. The largest absolute Gasteiger partial charge is 0.297 e. The first-order chi connectivity index (χ1) is 9.65. The highest BCUT2D eigenvalue weighted by atomic mass is 16.1. The van der Waals surface area contributed by atoms with Crippen molar-refractivity contribution in [3.8, 4) is 6.07 Å². The van der Waals surface area contributed by atoms with Crippen molar-refractivity contribution in [1.29, 1.82) is 5.26 Å². The molecule has 0 N–H and O–H groups in total. The van der Waals surface area contributed by atoms with Crippen LogP contribution in [0.15, 0.2) is 30.6 Å². The molecule has 1 aromatic carbocycles. The third-order valence-corrected chi connectivity index (χ3v) is 3.44. The first-order valence-electron chi connectivity index (χ1n) is 6.56. The molecular weight excluding hydrogens is 252 g/mol. The third kappa shape index (κ3) is 2.91. The number of carbonyl (C=O) groups excluding carboxylic acids is 1. The Kier molecular flexibility index (Phi) is 4.26. The Morgan fingerprint density at radius 1 is 1.40 bits per heavy atom. The fraction of sp³-hybridized carbons (Fsp3) is 0.333. The van der Waals surface area contributed by atoms with Gasteiger partial charge in [-0.25, -0.2) is 0 Å². The highest BCUT2D eigenvalue weighted by molar-refractivity contribution is 5.96. The quantitative estimate of drug-likeness (QED) is 0.781. The van der Waals surface area contributed by atoms with Gasteiger partial charge in [0.2, 0.25) is 5.82 Å². The molecule has 1 aromatic heterocycles. The van der Waals surface area contributed by atoms with Gasteiger partial charge in [-0.2, -0.15) is 5.26 Å². The van der Waals surface area contributed by atoms with Crippen LogP contribution in [0.3, 0.4) is 0 Å². The molecule has 0 fully saturated rings. The van der Waals surface area contributed by atoms with Crippen molar-refractivity contribution >= 4 is 5.78 Å². The molecule has 0 aliphatic rings. The molecular formula is C15H16N4O. The summed E-state index contributed by atoms with van der Waals surface area (Å²) in [6, 6.07) is 9.54. The molecule has 0 saturated heterocycles. The minimum absolute atomic E-state index is 0.0583. The van der Waals surface area contributed by atoms with Gasteiger partial charge < -0.3 is 0 Å². The molecule has 0 amide bonds. The smallest absolute Gasteiger partial charge is 0.235 e. The van der Waals surface area contributed by atoms with E-state index in [4.69, 9.17) is 5.26 Å². The van der Waals surface area contributed by atoms with E-state index in [-0.39, 0.29) is 18.2 Å². The molecule has 1 heterocycles. The summed E-state index contributed by atoms with van der Waals surface area (Å²) in [6.45, 7) is 4.38. The Labute approximate surface area is 117 Å². The van der Waals surface area contributed by atoms with E-state index in [2.05, 4.69) is 24.0 Å². The molecule has 2 aromatic rings. The third-order valence-electron chi connectivity index (χ3n) is 3.44. The van der Waals surface area contributed by atoms with Crippen molar-refractivity contribution < 1.29 is 4.79 Å². The Morgan fingerprint density at radius 3 is 2.70 bits per heavy atom. The summed E-state index contributed by atoms with van der Waals surface area (Å²) < 4.78 is 1.45. The number of hydrogen-bond acceptors (Lipinski definition) is 4.